The molecule has 0 fully saturated rings. The van der Waals surface area contributed by atoms with Gasteiger partial charge in [-0.25, -0.2) is 0 Å². The van der Waals surface area contributed by atoms with Gasteiger partial charge < -0.3 is 4.98 Å². The Morgan fingerprint density at radius 3 is 2.72 bits per heavy atom. The molecule has 5 heteroatoms. The minimum absolute atomic E-state index is 0.107. The molecule has 1 aromatic carbocycles. The Hall–Kier alpha value is -1.10. The second kappa shape index (κ2) is 4.53. The Morgan fingerprint density at radius 2 is 2.00 bits per heavy atom. The molecule has 2 heterocycles. The van der Waals surface area contributed by atoms with E-state index in [0.29, 0.717) is 4.34 Å². The van der Waals surface area contributed by atoms with Crippen LogP contribution in [0.3, 0.4) is 0 Å². The van der Waals surface area contributed by atoms with Crippen LogP contribution in [-0.4, -0.2) is 4.98 Å². The Balaban J connectivity index is 2.40. The molecule has 0 aliphatic rings. The van der Waals surface area contributed by atoms with Gasteiger partial charge >= 0.3 is 0 Å². The lowest BCUT2D eigenvalue weighted by Gasteiger charge is -2.04. The lowest BCUT2D eigenvalue weighted by atomic mass is 10.1. The number of nitrogens with one attached hydrogen (secondary N) is 1. The maximum Gasteiger partial charge on any atom is 0.249 e. The fourth-order valence-electron chi connectivity index (χ4n) is 1.89. The first-order valence-corrected chi connectivity index (χ1v) is 7.20. The third kappa shape index (κ3) is 2.11. The molecule has 0 aliphatic heterocycles. The smallest absolute Gasteiger partial charge is 0.249 e. The van der Waals surface area contributed by atoms with Gasteiger partial charge in [-0.15, -0.1) is 11.3 Å². The number of fused-ring (bicyclic) bond motifs is 1. The lowest BCUT2D eigenvalue weighted by Crippen LogP contribution is -2.04. The van der Waals surface area contributed by atoms with E-state index in [9.17, 15) is 4.79 Å². The molecule has 0 atom stereocenters. The van der Waals surface area contributed by atoms with Crippen LogP contribution in [-0.2, 0) is 0 Å². The minimum atomic E-state index is -0.107. The first kappa shape index (κ1) is 12.0. The Labute approximate surface area is 120 Å². The zero-order chi connectivity index (χ0) is 12.7. The van der Waals surface area contributed by atoms with E-state index < -0.39 is 0 Å². The quantitative estimate of drug-likeness (QED) is 0.686. The topological polar surface area (TPSA) is 32.9 Å². The summed E-state index contributed by atoms with van der Waals surface area (Å²) in [6.45, 7) is 0. The number of aromatic nitrogens is 1. The van der Waals surface area contributed by atoms with Crippen molar-refractivity contribution in [3.8, 4) is 10.4 Å². The van der Waals surface area contributed by atoms with Crippen molar-refractivity contribution >= 4 is 49.8 Å². The van der Waals surface area contributed by atoms with Gasteiger partial charge in [0.1, 0.15) is 0 Å². The molecule has 1 N–H and O–H groups in total. The van der Waals surface area contributed by atoms with Gasteiger partial charge in [-0.1, -0.05) is 27.5 Å². The summed E-state index contributed by atoms with van der Waals surface area (Å²) in [6.07, 6.45) is 0. The molecule has 0 aliphatic carbocycles. The number of thiophene rings is 1. The predicted molar refractivity (Wildman–Crippen MR) is 80.6 cm³/mol. The fraction of sp³-hybridized carbons (Fsp3) is 0. The molecule has 2 nitrogen and oxygen atoms in total. The van der Waals surface area contributed by atoms with Crippen molar-refractivity contribution < 1.29 is 0 Å². The molecule has 3 aromatic rings. The molecule has 0 bridgehead atoms. The second-order valence-electron chi connectivity index (χ2n) is 3.84. The van der Waals surface area contributed by atoms with Crippen molar-refractivity contribution in [3.63, 3.8) is 0 Å². The summed E-state index contributed by atoms with van der Waals surface area (Å²) in [5.74, 6) is 0. The minimum Gasteiger partial charge on any atom is -0.322 e. The molecule has 2 aromatic heterocycles. The van der Waals surface area contributed by atoms with E-state index in [1.54, 1.807) is 6.07 Å². The van der Waals surface area contributed by atoms with Gasteiger partial charge in [0.05, 0.1) is 4.34 Å². The van der Waals surface area contributed by atoms with Crippen LogP contribution in [0.2, 0.25) is 4.34 Å². The van der Waals surface area contributed by atoms with Crippen LogP contribution in [0.25, 0.3) is 21.3 Å². The number of hydrogen-bond acceptors (Lipinski definition) is 2. The van der Waals surface area contributed by atoms with Gasteiger partial charge in [0.15, 0.2) is 0 Å². The van der Waals surface area contributed by atoms with Crippen LogP contribution in [0.5, 0.6) is 0 Å². The highest BCUT2D eigenvalue weighted by Crippen LogP contribution is 2.34. The van der Waals surface area contributed by atoms with Crippen LogP contribution in [0, 0.1) is 0 Å². The van der Waals surface area contributed by atoms with Gasteiger partial charge in [0, 0.05) is 31.9 Å². The average Bonchev–Trinajstić information content (AvgIpc) is 2.75. The van der Waals surface area contributed by atoms with E-state index in [0.717, 1.165) is 25.8 Å². The highest BCUT2D eigenvalue weighted by Gasteiger charge is 2.08. The normalized spacial score (nSPS) is 11.0. The van der Waals surface area contributed by atoms with E-state index in [1.807, 2.05) is 30.3 Å². The summed E-state index contributed by atoms with van der Waals surface area (Å²) in [6, 6.07) is 11.2. The van der Waals surface area contributed by atoms with Crippen molar-refractivity contribution in [2.45, 2.75) is 0 Å². The molecule has 0 saturated heterocycles. The molecule has 0 unspecified atom stereocenters. The maximum atomic E-state index is 11.7. The molecular formula is C13H7BrClNOS. The van der Waals surface area contributed by atoms with Crippen LogP contribution in [0.1, 0.15) is 0 Å². The number of H-pyrrole nitrogens is 1. The van der Waals surface area contributed by atoms with Gasteiger partial charge in [-0.3, -0.25) is 4.79 Å². The summed E-state index contributed by atoms with van der Waals surface area (Å²) >= 11 is 10.9. The third-order valence-electron chi connectivity index (χ3n) is 2.64. The van der Waals surface area contributed by atoms with Crippen molar-refractivity contribution in [3.05, 3.63) is 55.6 Å². The molecule has 3 rings (SSSR count). The Kier molecular flexibility index (Phi) is 3.01. The standard InChI is InChI=1S/C13H7BrClNOS/c14-7-1-2-10-8(5-7)9(6-13(17)16-10)11-3-4-12(15)18-11/h1-6H,(H,16,17). The summed E-state index contributed by atoms with van der Waals surface area (Å²) < 4.78 is 1.69. The summed E-state index contributed by atoms with van der Waals surface area (Å²) in [4.78, 5) is 15.5. The molecule has 90 valence electrons. The van der Waals surface area contributed by atoms with Crippen LogP contribution in [0.4, 0.5) is 0 Å². The van der Waals surface area contributed by atoms with Crippen molar-refractivity contribution in [1.82, 2.24) is 4.98 Å². The molecule has 0 amide bonds. The molecular weight excluding hydrogens is 334 g/mol. The first-order chi connectivity index (χ1) is 8.63. The SMILES string of the molecule is O=c1cc(-c2ccc(Cl)s2)c2cc(Br)ccc2[nH]1. The van der Waals surface area contributed by atoms with Crippen molar-refractivity contribution in [1.29, 1.82) is 0 Å². The number of pyridine rings is 1. The highest BCUT2D eigenvalue weighted by atomic mass is 79.9. The largest absolute Gasteiger partial charge is 0.322 e. The van der Waals surface area contributed by atoms with E-state index in [4.69, 9.17) is 11.6 Å². The van der Waals surface area contributed by atoms with Gasteiger partial charge in [0.2, 0.25) is 5.56 Å². The summed E-state index contributed by atoms with van der Waals surface area (Å²) in [7, 11) is 0. The lowest BCUT2D eigenvalue weighted by molar-refractivity contribution is 1.31. The molecule has 0 radical (unpaired) electrons. The zero-order valence-electron chi connectivity index (χ0n) is 9.04. The number of halogens is 2. The molecule has 0 spiro atoms. The van der Waals surface area contributed by atoms with E-state index >= 15 is 0 Å². The fourth-order valence-corrected chi connectivity index (χ4v) is 3.32. The van der Waals surface area contributed by atoms with Crippen molar-refractivity contribution in [2.24, 2.45) is 0 Å². The molecule has 0 saturated carbocycles. The number of aromatic amines is 1. The van der Waals surface area contributed by atoms with E-state index in [-0.39, 0.29) is 5.56 Å². The van der Waals surface area contributed by atoms with Gasteiger partial charge in [-0.05, 0) is 30.3 Å². The van der Waals surface area contributed by atoms with Crippen molar-refractivity contribution in [2.75, 3.05) is 0 Å². The average molecular weight is 341 g/mol. The van der Waals surface area contributed by atoms with E-state index in [2.05, 4.69) is 20.9 Å². The first-order valence-electron chi connectivity index (χ1n) is 5.22. The number of rotatable bonds is 1. The Morgan fingerprint density at radius 1 is 1.17 bits per heavy atom. The Bertz CT molecular complexity index is 793. The summed E-state index contributed by atoms with van der Waals surface area (Å²) in [5, 5.41) is 1.00. The maximum absolute atomic E-state index is 11.7. The van der Waals surface area contributed by atoms with Crippen LogP contribution >= 0.6 is 38.9 Å². The monoisotopic (exact) mass is 339 g/mol. The van der Waals surface area contributed by atoms with Gasteiger partial charge in [-0.2, -0.15) is 0 Å². The number of benzene rings is 1. The zero-order valence-corrected chi connectivity index (χ0v) is 12.2. The van der Waals surface area contributed by atoms with Gasteiger partial charge in [0.25, 0.3) is 0 Å². The van der Waals surface area contributed by atoms with E-state index in [1.165, 1.54) is 11.3 Å². The molecule has 18 heavy (non-hydrogen) atoms. The number of hydrogen-bond donors (Lipinski definition) is 1. The predicted octanol–water partition coefficient (Wildman–Crippen LogP) is 4.67. The third-order valence-corrected chi connectivity index (χ3v) is 4.40. The highest BCUT2D eigenvalue weighted by molar-refractivity contribution is 9.10. The summed E-state index contributed by atoms with van der Waals surface area (Å²) in [5.41, 5.74) is 1.63. The van der Waals surface area contributed by atoms with Crippen LogP contribution < -0.4 is 5.56 Å². The van der Waals surface area contributed by atoms with Crippen LogP contribution in [0.15, 0.2) is 45.7 Å². The second-order valence-corrected chi connectivity index (χ2v) is 6.47.